The molecule has 0 aromatic heterocycles. The van der Waals surface area contributed by atoms with E-state index in [0.29, 0.717) is 13.2 Å². The molecule has 0 saturated carbocycles. The molecule has 0 rings (SSSR count). The molecular weight excluding hydrogens is 252 g/mol. The Labute approximate surface area is 113 Å². The minimum atomic E-state index is -0.924. The lowest BCUT2D eigenvalue weighted by Crippen LogP contribution is -2.47. The smallest absolute Gasteiger partial charge is 0.317 e. The maximum absolute atomic E-state index is 11.9. The van der Waals surface area contributed by atoms with Crippen LogP contribution in [0.2, 0.25) is 0 Å². The van der Waals surface area contributed by atoms with E-state index in [2.05, 4.69) is 5.32 Å². The third-order valence-electron chi connectivity index (χ3n) is 2.62. The number of methoxy groups -OCH3 is 2. The fourth-order valence-electron chi connectivity index (χ4n) is 1.51. The molecule has 0 aliphatic heterocycles. The third kappa shape index (κ3) is 7.63. The summed E-state index contributed by atoms with van der Waals surface area (Å²) < 4.78 is 10.1. The summed E-state index contributed by atoms with van der Waals surface area (Å²) in [6, 6.07) is -0.364. The van der Waals surface area contributed by atoms with E-state index in [9.17, 15) is 9.59 Å². The van der Waals surface area contributed by atoms with Gasteiger partial charge in [-0.1, -0.05) is 0 Å². The lowest BCUT2D eigenvalue weighted by Gasteiger charge is -2.27. The van der Waals surface area contributed by atoms with Gasteiger partial charge < -0.3 is 24.8 Å². The largest absolute Gasteiger partial charge is 0.481 e. The van der Waals surface area contributed by atoms with Crippen LogP contribution in [0.5, 0.6) is 0 Å². The SMILES string of the molecule is COCC(CNC(=O)N(CCC(=O)O)C(C)C)OC. The maximum atomic E-state index is 11.9. The molecule has 0 aromatic carbocycles. The van der Waals surface area contributed by atoms with Gasteiger partial charge in [0, 0.05) is 33.4 Å². The van der Waals surface area contributed by atoms with Crippen molar-refractivity contribution in [1.82, 2.24) is 10.2 Å². The highest BCUT2D eigenvalue weighted by Gasteiger charge is 2.18. The molecule has 0 aromatic rings. The molecule has 1 unspecified atom stereocenters. The van der Waals surface area contributed by atoms with Crippen LogP contribution in [-0.2, 0) is 14.3 Å². The molecule has 0 saturated heterocycles. The number of amides is 2. The van der Waals surface area contributed by atoms with Gasteiger partial charge in [0.15, 0.2) is 0 Å². The lowest BCUT2D eigenvalue weighted by molar-refractivity contribution is -0.137. The molecule has 0 radical (unpaired) electrons. The number of carbonyl (C=O) groups is 2. The molecule has 2 amide bonds. The topological polar surface area (TPSA) is 88.1 Å². The lowest BCUT2D eigenvalue weighted by atomic mass is 10.3. The van der Waals surface area contributed by atoms with Crippen molar-refractivity contribution in [3.05, 3.63) is 0 Å². The summed E-state index contributed by atoms with van der Waals surface area (Å²) in [6.45, 7) is 4.56. The Hall–Kier alpha value is -1.34. The Morgan fingerprint density at radius 2 is 1.95 bits per heavy atom. The van der Waals surface area contributed by atoms with E-state index < -0.39 is 5.97 Å². The Bertz CT molecular complexity index is 283. The van der Waals surface area contributed by atoms with Crippen LogP contribution in [0, 0.1) is 0 Å². The van der Waals surface area contributed by atoms with Crippen molar-refractivity contribution in [2.24, 2.45) is 0 Å². The number of carboxylic acid groups (broad SMARTS) is 1. The number of aliphatic carboxylic acids is 1. The molecular formula is C12H24N2O5. The maximum Gasteiger partial charge on any atom is 0.317 e. The number of hydrogen-bond donors (Lipinski definition) is 2. The van der Waals surface area contributed by atoms with E-state index in [-0.39, 0.29) is 31.1 Å². The zero-order valence-electron chi connectivity index (χ0n) is 12.0. The Morgan fingerprint density at radius 1 is 1.32 bits per heavy atom. The average Bonchev–Trinajstić information content (AvgIpc) is 2.33. The van der Waals surface area contributed by atoms with E-state index >= 15 is 0 Å². The number of nitrogens with zero attached hydrogens (tertiary/aromatic N) is 1. The van der Waals surface area contributed by atoms with Crippen LogP contribution < -0.4 is 5.32 Å². The van der Waals surface area contributed by atoms with Gasteiger partial charge in [-0.3, -0.25) is 4.79 Å². The molecule has 0 aliphatic carbocycles. The van der Waals surface area contributed by atoms with E-state index in [1.807, 2.05) is 13.8 Å². The highest BCUT2D eigenvalue weighted by atomic mass is 16.5. The van der Waals surface area contributed by atoms with E-state index in [1.165, 1.54) is 4.90 Å². The fourth-order valence-corrected chi connectivity index (χ4v) is 1.51. The van der Waals surface area contributed by atoms with Crippen LogP contribution in [-0.4, -0.2) is 68.1 Å². The molecule has 0 heterocycles. The normalized spacial score (nSPS) is 12.3. The van der Waals surface area contributed by atoms with Gasteiger partial charge in [-0.05, 0) is 13.8 Å². The number of carboxylic acids is 1. The van der Waals surface area contributed by atoms with Crippen LogP contribution in [0.3, 0.4) is 0 Å². The van der Waals surface area contributed by atoms with E-state index in [1.54, 1.807) is 14.2 Å². The van der Waals surface area contributed by atoms with Gasteiger partial charge >= 0.3 is 12.0 Å². The summed E-state index contributed by atoms with van der Waals surface area (Å²) in [6.07, 6.45) is -0.292. The number of ether oxygens (including phenoxy) is 2. The molecule has 112 valence electrons. The first kappa shape index (κ1) is 17.7. The number of nitrogens with one attached hydrogen (secondary N) is 1. The Kier molecular flexibility index (Phi) is 8.90. The summed E-state index contributed by atoms with van der Waals surface area (Å²) in [7, 11) is 3.10. The second-order valence-electron chi connectivity index (χ2n) is 4.43. The molecule has 0 fully saturated rings. The first-order chi connectivity index (χ1) is 8.92. The first-order valence-corrected chi connectivity index (χ1v) is 6.20. The minimum absolute atomic E-state index is 0.0669. The molecule has 19 heavy (non-hydrogen) atoms. The third-order valence-corrected chi connectivity index (χ3v) is 2.62. The summed E-state index contributed by atoms with van der Waals surface area (Å²) in [4.78, 5) is 24.0. The molecule has 0 aliphatic rings. The van der Waals surface area contributed by atoms with Crippen LogP contribution in [0.25, 0.3) is 0 Å². The second kappa shape index (κ2) is 9.57. The van der Waals surface area contributed by atoms with Gasteiger partial charge in [0.2, 0.25) is 0 Å². The molecule has 1 atom stereocenters. The molecule has 2 N–H and O–H groups in total. The first-order valence-electron chi connectivity index (χ1n) is 6.20. The zero-order chi connectivity index (χ0) is 14.8. The number of urea groups is 1. The van der Waals surface area contributed by atoms with Crippen molar-refractivity contribution in [2.75, 3.05) is 33.9 Å². The highest BCUT2D eigenvalue weighted by molar-refractivity contribution is 5.75. The van der Waals surface area contributed by atoms with Crippen LogP contribution in [0.1, 0.15) is 20.3 Å². The molecule has 7 nitrogen and oxygen atoms in total. The predicted octanol–water partition coefficient (Wildman–Crippen LogP) is 0.543. The van der Waals surface area contributed by atoms with Crippen molar-refractivity contribution in [3.63, 3.8) is 0 Å². The summed E-state index contributed by atoms with van der Waals surface area (Å²) >= 11 is 0. The average molecular weight is 276 g/mol. The van der Waals surface area contributed by atoms with Crippen molar-refractivity contribution >= 4 is 12.0 Å². The van der Waals surface area contributed by atoms with E-state index in [0.717, 1.165) is 0 Å². The van der Waals surface area contributed by atoms with E-state index in [4.69, 9.17) is 14.6 Å². The predicted molar refractivity (Wildman–Crippen MR) is 70.2 cm³/mol. The number of carbonyl (C=O) groups excluding carboxylic acids is 1. The van der Waals surface area contributed by atoms with Gasteiger partial charge in [-0.2, -0.15) is 0 Å². The zero-order valence-corrected chi connectivity index (χ0v) is 12.0. The minimum Gasteiger partial charge on any atom is -0.481 e. The van der Waals surface area contributed by atoms with Crippen molar-refractivity contribution in [3.8, 4) is 0 Å². The number of hydrogen-bond acceptors (Lipinski definition) is 4. The summed E-state index contributed by atoms with van der Waals surface area (Å²) in [5.41, 5.74) is 0. The van der Waals surface area contributed by atoms with Crippen LogP contribution in [0.4, 0.5) is 4.79 Å². The fraction of sp³-hybridized carbons (Fsp3) is 0.833. The van der Waals surface area contributed by atoms with Crippen molar-refractivity contribution < 1.29 is 24.2 Å². The van der Waals surface area contributed by atoms with Crippen LogP contribution in [0.15, 0.2) is 0 Å². The van der Waals surface area contributed by atoms with Crippen LogP contribution >= 0.6 is 0 Å². The molecule has 0 bridgehead atoms. The Morgan fingerprint density at radius 3 is 2.37 bits per heavy atom. The monoisotopic (exact) mass is 276 g/mol. The number of rotatable bonds is 9. The summed E-state index contributed by atoms with van der Waals surface area (Å²) in [5.74, 6) is -0.924. The summed E-state index contributed by atoms with van der Waals surface area (Å²) in [5, 5.41) is 11.4. The van der Waals surface area contributed by atoms with Crippen molar-refractivity contribution in [1.29, 1.82) is 0 Å². The highest BCUT2D eigenvalue weighted by Crippen LogP contribution is 2.01. The molecule has 0 spiro atoms. The second-order valence-corrected chi connectivity index (χ2v) is 4.43. The quantitative estimate of drug-likeness (QED) is 0.642. The van der Waals surface area contributed by atoms with Gasteiger partial charge in [-0.15, -0.1) is 0 Å². The van der Waals surface area contributed by atoms with Gasteiger partial charge in [0.1, 0.15) is 0 Å². The standard InChI is InChI=1S/C12H24N2O5/c1-9(2)14(6-5-11(15)16)12(17)13-7-10(19-4)8-18-3/h9-10H,5-8H2,1-4H3,(H,13,17)(H,15,16). The molecule has 7 heteroatoms. The van der Waals surface area contributed by atoms with Gasteiger partial charge in [0.05, 0.1) is 19.1 Å². The Balaban J connectivity index is 4.27. The van der Waals surface area contributed by atoms with Crippen molar-refractivity contribution in [2.45, 2.75) is 32.4 Å². The van der Waals surface area contributed by atoms with Gasteiger partial charge in [-0.25, -0.2) is 4.79 Å². The van der Waals surface area contributed by atoms with Gasteiger partial charge in [0.25, 0.3) is 0 Å².